The Kier molecular flexibility index (Phi) is 3.92. The minimum Gasteiger partial charge on any atom is -0.329 e. The van der Waals surface area contributed by atoms with Gasteiger partial charge in [0, 0.05) is 18.6 Å². The van der Waals surface area contributed by atoms with E-state index in [4.69, 9.17) is 5.73 Å². The van der Waals surface area contributed by atoms with Crippen LogP contribution in [0.15, 0.2) is 0 Å². The van der Waals surface area contributed by atoms with E-state index in [-0.39, 0.29) is 0 Å². The Labute approximate surface area is 125 Å². The minimum atomic E-state index is 0.298. The number of rotatable bonds is 2. The van der Waals surface area contributed by atoms with Crippen molar-refractivity contribution in [3.05, 3.63) is 0 Å². The summed E-state index contributed by atoms with van der Waals surface area (Å²) < 4.78 is 0. The van der Waals surface area contributed by atoms with Gasteiger partial charge in [-0.2, -0.15) is 0 Å². The Bertz CT molecular complexity index is 351. The summed E-state index contributed by atoms with van der Waals surface area (Å²) in [4.78, 5) is 2.83. The predicted octanol–water partition coefficient (Wildman–Crippen LogP) is 3.65. The molecule has 116 valence electrons. The first-order valence-corrected chi connectivity index (χ1v) is 8.92. The van der Waals surface area contributed by atoms with Crippen molar-refractivity contribution in [3.63, 3.8) is 0 Å². The van der Waals surface area contributed by atoms with Crippen LogP contribution in [0.5, 0.6) is 0 Å². The van der Waals surface area contributed by atoms with Crippen molar-refractivity contribution in [2.75, 3.05) is 19.6 Å². The van der Waals surface area contributed by atoms with Crippen molar-refractivity contribution >= 4 is 0 Å². The summed E-state index contributed by atoms with van der Waals surface area (Å²) in [7, 11) is 0. The van der Waals surface area contributed by atoms with Gasteiger partial charge >= 0.3 is 0 Å². The standard InChI is InChI=1S/C18H34N2/c1-14-10-17(2,3)12-18(14,13-19)20-9-8-15-6-4-5-7-16(15)11-20/h14-16H,4-13,19H2,1-3H3. The molecule has 2 saturated carbocycles. The normalized spacial score (nSPS) is 45.3. The molecule has 0 spiro atoms. The Morgan fingerprint density at radius 1 is 1.10 bits per heavy atom. The highest BCUT2D eigenvalue weighted by Gasteiger charge is 2.52. The Balaban J connectivity index is 1.77. The highest BCUT2D eigenvalue weighted by atomic mass is 15.2. The molecule has 2 N–H and O–H groups in total. The smallest absolute Gasteiger partial charge is 0.0362 e. The first-order chi connectivity index (χ1) is 9.47. The lowest BCUT2D eigenvalue weighted by molar-refractivity contribution is -0.0118. The average molecular weight is 278 g/mol. The van der Waals surface area contributed by atoms with Gasteiger partial charge in [-0.25, -0.2) is 0 Å². The molecule has 0 bridgehead atoms. The van der Waals surface area contributed by atoms with E-state index in [9.17, 15) is 0 Å². The van der Waals surface area contributed by atoms with Crippen LogP contribution >= 0.6 is 0 Å². The number of nitrogens with two attached hydrogens (primary N) is 1. The average Bonchev–Trinajstić information content (AvgIpc) is 2.68. The molecule has 2 nitrogen and oxygen atoms in total. The highest BCUT2D eigenvalue weighted by molar-refractivity contribution is 5.07. The summed E-state index contributed by atoms with van der Waals surface area (Å²) in [6.45, 7) is 10.8. The van der Waals surface area contributed by atoms with E-state index in [2.05, 4.69) is 25.7 Å². The third kappa shape index (κ3) is 2.43. The predicted molar refractivity (Wildman–Crippen MR) is 85.6 cm³/mol. The monoisotopic (exact) mass is 278 g/mol. The van der Waals surface area contributed by atoms with Gasteiger partial charge in [-0.05, 0) is 55.4 Å². The molecule has 0 aromatic rings. The van der Waals surface area contributed by atoms with Crippen LogP contribution < -0.4 is 5.73 Å². The number of likely N-dealkylation sites (tertiary alicyclic amines) is 1. The zero-order valence-electron chi connectivity index (χ0n) is 13.8. The summed E-state index contributed by atoms with van der Waals surface area (Å²) in [5, 5.41) is 0. The van der Waals surface area contributed by atoms with Crippen molar-refractivity contribution in [2.45, 2.75) is 71.3 Å². The summed E-state index contributed by atoms with van der Waals surface area (Å²) in [5.41, 5.74) is 7.11. The molecule has 1 aliphatic heterocycles. The second-order valence-electron chi connectivity index (χ2n) is 8.79. The number of hydrogen-bond donors (Lipinski definition) is 1. The molecule has 0 radical (unpaired) electrons. The van der Waals surface area contributed by atoms with Crippen LogP contribution in [0.2, 0.25) is 0 Å². The van der Waals surface area contributed by atoms with E-state index < -0.39 is 0 Å². The number of nitrogens with zero attached hydrogens (tertiary/aromatic N) is 1. The maximum absolute atomic E-state index is 6.34. The molecule has 4 atom stereocenters. The molecule has 4 unspecified atom stereocenters. The van der Waals surface area contributed by atoms with Crippen LogP contribution in [0.3, 0.4) is 0 Å². The van der Waals surface area contributed by atoms with Crippen LogP contribution in [0.25, 0.3) is 0 Å². The van der Waals surface area contributed by atoms with Crippen molar-refractivity contribution in [1.82, 2.24) is 4.90 Å². The SMILES string of the molecule is CC1CC(C)(C)CC1(CN)N1CCC2CCCCC2C1. The Hall–Kier alpha value is -0.0800. The van der Waals surface area contributed by atoms with Gasteiger partial charge in [0.2, 0.25) is 0 Å². The summed E-state index contributed by atoms with van der Waals surface area (Å²) in [5.74, 6) is 2.75. The van der Waals surface area contributed by atoms with Crippen molar-refractivity contribution in [1.29, 1.82) is 0 Å². The first-order valence-electron chi connectivity index (χ1n) is 8.92. The fraction of sp³-hybridized carbons (Fsp3) is 1.00. The van der Waals surface area contributed by atoms with Crippen molar-refractivity contribution in [3.8, 4) is 0 Å². The van der Waals surface area contributed by atoms with Crippen molar-refractivity contribution < 1.29 is 0 Å². The van der Waals surface area contributed by atoms with Crippen LogP contribution in [-0.4, -0.2) is 30.1 Å². The molecule has 2 heteroatoms. The molecule has 0 aromatic carbocycles. The summed E-state index contributed by atoms with van der Waals surface area (Å²) >= 11 is 0. The summed E-state index contributed by atoms with van der Waals surface area (Å²) in [6, 6.07) is 0. The number of hydrogen-bond acceptors (Lipinski definition) is 2. The lowest BCUT2D eigenvalue weighted by Gasteiger charge is -2.51. The number of fused-ring (bicyclic) bond motifs is 1. The molecule has 0 amide bonds. The van der Waals surface area contributed by atoms with E-state index in [1.54, 1.807) is 0 Å². The molecule has 3 aliphatic rings. The van der Waals surface area contributed by atoms with Gasteiger partial charge in [0.15, 0.2) is 0 Å². The van der Waals surface area contributed by atoms with Crippen LogP contribution in [0.4, 0.5) is 0 Å². The second kappa shape index (κ2) is 5.28. The fourth-order valence-corrected chi connectivity index (χ4v) is 5.93. The fourth-order valence-electron chi connectivity index (χ4n) is 5.93. The quantitative estimate of drug-likeness (QED) is 0.835. The number of piperidine rings is 1. The largest absolute Gasteiger partial charge is 0.329 e. The molecular weight excluding hydrogens is 244 g/mol. The van der Waals surface area contributed by atoms with Gasteiger partial charge in [0.1, 0.15) is 0 Å². The van der Waals surface area contributed by atoms with Crippen LogP contribution in [0, 0.1) is 23.2 Å². The van der Waals surface area contributed by atoms with Gasteiger partial charge in [0.25, 0.3) is 0 Å². The zero-order chi connectivity index (χ0) is 14.4. The van der Waals surface area contributed by atoms with Crippen LogP contribution in [-0.2, 0) is 0 Å². The highest BCUT2D eigenvalue weighted by Crippen LogP contribution is 2.51. The third-order valence-electron chi connectivity index (χ3n) is 6.84. The Morgan fingerprint density at radius 3 is 2.40 bits per heavy atom. The van der Waals surface area contributed by atoms with E-state index in [1.807, 2.05) is 0 Å². The molecular formula is C18H34N2. The molecule has 3 rings (SSSR count). The molecule has 0 aromatic heterocycles. The van der Waals surface area contributed by atoms with E-state index in [0.717, 1.165) is 24.3 Å². The first kappa shape index (κ1) is 14.8. The second-order valence-corrected chi connectivity index (χ2v) is 8.79. The van der Waals surface area contributed by atoms with Gasteiger partial charge in [-0.3, -0.25) is 4.90 Å². The summed E-state index contributed by atoms with van der Waals surface area (Å²) in [6.07, 6.45) is 9.98. The minimum absolute atomic E-state index is 0.298. The third-order valence-corrected chi connectivity index (χ3v) is 6.84. The van der Waals surface area contributed by atoms with Gasteiger partial charge in [-0.15, -0.1) is 0 Å². The molecule has 1 heterocycles. The van der Waals surface area contributed by atoms with Gasteiger partial charge < -0.3 is 5.73 Å². The van der Waals surface area contributed by atoms with Crippen molar-refractivity contribution in [2.24, 2.45) is 28.9 Å². The van der Waals surface area contributed by atoms with Gasteiger partial charge in [0.05, 0.1) is 0 Å². The maximum atomic E-state index is 6.34. The van der Waals surface area contributed by atoms with E-state index >= 15 is 0 Å². The van der Waals surface area contributed by atoms with Gasteiger partial charge in [-0.1, -0.05) is 40.0 Å². The molecule has 2 aliphatic carbocycles. The Morgan fingerprint density at radius 2 is 1.80 bits per heavy atom. The van der Waals surface area contributed by atoms with E-state index in [1.165, 1.54) is 58.0 Å². The maximum Gasteiger partial charge on any atom is 0.0362 e. The van der Waals surface area contributed by atoms with E-state index in [0.29, 0.717) is 11.0 Å². The molecule has 1 saturated heterocycles. The topological polar surface area (TPSA) is 29.3 Å². The lowest BCUT2D eigenvalue weighted by Crippen LogP contribution is -2.60. The molecule has 20 heavy (non-hydrogen) atoms. The molecule has 3 fully saturated rings. The lowest BCUT2D eigenvalue weighted by atomic mass is 9.73. The zero-order valence-corrected chi connectivity index (χ0v) is 13.8. The van der Waals surface area contributed by atoms with Crippen LogP contribution in [0.1, 0.15) is 65.7 Å².